The fraction of sp³-hybridized carbons (Fsp3) is 0.375. The Kier molecular flexibility index (Phi) is 10.2. The number of carbonyl (C=O) groups excluding carboxylic acids is 3. The monoisotopic (exact) mass is 442 g/mol. The van der Waals surface area contributed by atoms with Crippen molar-refractivity contribution in [3.63, 3.8) is 0 Å². The maximum atomic E-state index is 12.6. The van der Waals surface area contributed by atoms with E-state index in [9.17, 15) is 19.5 Å². The Labute approximate surface area is 187 Å². The lowest BCUT2D eigenvalue weighted by Crippen LogP contribution is -2.48. The Balaban J connectivity index is 2.02. The summed E-state index contributed by atoms with van der Waals surface area (Å²) in [5, 5.41) is 17.4. The van der Waals surface area contributed by atoms with Crippen LogP contribution < -0.4 is 10.6 Å². The summed E-state index contributed by atoms with van der Waals surface area (Å²) in [6.07, 6.45) is 0.811. The maximum Gasteiger partial charge on any atom is 0.407 e. The Bertz CT molecular complexity index is 924. The zero-order chi connectivity index (χ0) is 23.3. The number of fused-ring (bicyclic) bond motifs is 1. The number of unbranched alkanes of at least 4 members (excludes halogenated alkanes) is 1. The normalized spacial score (nSPS) is 12.4. The van der Waals surface area contributed by atoms with Crippen molar-refractivity contribution in [2.75, 3.05) is 19.8 Å². The van der Waals surface area contributed by atoms with Gasteiger partial charge in [-0.25, -0.2) is 9.59 Å². The Morgan fingerprint density at radius 2 is 1.88 bits per heavy atom. The quantitative estimate of drug-likeness (QED) is 0.265. The molecule has 0 saturated heterocycles. The molecule has 0 saturated carbocycles. The largest absolute Gasteiger partial charge is 0.459 e. The van der Waals surface area contributed by atoms with E-state index in [4.69, 9.17) is 9.47 Å². The minimum atomic E-state index is -1.32. The van der Waals surface area contributed by atoms with Crippen molar-refractivity contribution in [1.29, 1.82) is 0 Å². The van der Waals surface area contributed by atoms with Gasteiger partial charge in [0.15, 0.2) is 0 Å². The summed E-state index contributed by atoms with van der Waals surface area (Å²) < 4.78 is 10.2. The van der Waals surface area contributed by atoms with Crippen LogP contribution in [0.1, 0.15) is 36.5 Å². The van der Waals surface area contributed by atoms with Gasteiger partial charge in [0, 0.05) is 13.0 Å². The van der Waals surface area contributed by atoms with E-state index in [0.29, 0.717) is 12.1 Å². The molecule has 2 unspecified atom stereocenters. The van der Waals surface area contributed by atoms with Gasteiger partial charge in [0.1, 0.15) is 19.3 Å². The molecule has 2 atom stereocenters. The van der Waals surface area contributed by atoms with Crippen LogP contribution in [-0.2, 0) is 14.3 Å². The van der Waals surface area contributed by atoms with Crippen LogP contribution in [-0.4, -0.2) is 55.0 Å². The average Bonchev–Trinajstić information content (AvgIpc) is 2.80. The van der Waals surface area contributed by atoms with E-state index in [2.05, 4.69) is 17.2 Å². The molecule has 0 heterocycles. The van der Waals surface area contributed by atoms with E-state index in [1.165, 1.54) is 6.08 Å². The standard InChI is InChI=1S/C24H30N2O6/c1-3-5-13-25-22(28)15-20(26-24(30)31-14-4-2)21(27)16-32-23(29)19-12-8-10-17-9-6-7-11-18(17)19/h4,6-12,20-21,27H,2-3,5,13-16H2,1H3,(H,25,28)(H,26,30). The molecule has 2 aromatic carbocycles. The molecule has 32 heavy (non-hydrogen) atoms. The fourth-order valence-corrected chi connectivity index (χ4v) is 3.05. The highest BCUT2D eigenvalue weighted by Crippen LogP contribution is 2.19. The summed E-state index contributed by atoms with van der Waals surface area (Å²) in [6, 6.07) is 11.6. The van der Waals surface area contributed by atoms with Gasteiger partial charge < -0.3 is 25.2 Å². The van der Waals surface area contributed by atoms with Crippen molar-refractivity contribution < 1.29 is 29.0 Å². The van der Waals surface area contributed by atoms with E-state index in [1.54, 1.807) is 12.1 Å². The maximum absolute atomic E-state index is 12.6. The molecule has 8 heteroatoms. The minimum Gasteiger partial charge on any atom is -0.459 e. The minimum absolute atomic E-state index is 0.0204. The van der Waals surface area contributed by atoms with Gasteiger partial charge >= 0.3 is 12.1 Å². The predicted molar refractivity (Wildman–Crippen MR) is 121 cm³/mol. The number of carbonyl (C=O) groups is 3. The molecule has 2 aromatic rings. The molecule has 172 valence electrons. The van der Waals surface area contributed by atoms with Crippen molar-refractivity contribution in [1.82, 2.24) is 10.6 Å². The summed E-state index contributed by atoms with van der Waals surface area (Å²) in [7, 11) is 0. The summed E-state index contributed by atoms with van der Waals surface area (Å²) in [6.45, 7) is 5.53. The van der Waals surface area contributed by atoms with E-state index in [0.717, 1.165) is 23.6 Å². The Hall–Kier alpha value is -3.39. The third-order valence-electron chi connectivity index (χ3n) is 4.75. The van der Waals surface area contributed by atoms with Crippen LogP contribution in [0.3, 0.4) is 0 Å². The summed E-state index contributed by atoms with van der Waals surface area (Å²) >= 11 is 0. The molecule has 2 rings (SSSR count). The number of aliphatic hydroxyl groups excluding tert-OH is 1. The molecular weight excluding hydrogens is 412 g/mol. The van der Waals surface area contributed by atoms with Crippen LogP contribution in [0.25, 0.3) is 10.8 Å². The van der Waals surface area contributed by atoms with E-state index in [1.807, 2.05) is 37.3 Å². The van der Waals surface area contributed by atoms with Crippen LogP contribution in [0.5, 0.6) is 0 Å². The van der Waals surface area contributed by atoms with Crippen molar-refractivity contribution in [3.05, 3.63) is 60.7 Å². The second-order valence-corrected chi connectivity index (χ2v) is 7.24. The number of nitrogens with one attached hydrogen (secondary N) is 2. The first kappa shape index (κ1) is 24.9. The molecular formula is C24H30N2O6. The molecule has 0 bridgehead atoms. The number of benzene rings is 2. The summed E-state index contributed by atoms with van der Waals surface area (Å²) in [5.41, 5.74) is 0.363. The molecule has 0 aliphatic heterocycles. The first-order valence-electron chi connectivity index (χ1n) is 10.6. The zero-order valence-electron chi connectivity index (χ0n) is 18.2. The molecule has 8 nitrogen and oxygen atoms in total. The molecule has 0 aliphatic carbocycles. The van der Waals surface area contributed by atoms with Gasteiger partial charge in [0.2, 0.25) is 5.91 Å². The molecule has 0 spiro atoms. The average molecular weight is 443 g/mol. The first-order valence-corrected chi connectivity index (χ1v) is 10.6. The van der Waals surface area contributed by atoms with Crippen LogP contribution in [0.15, 0.2) is 55.1 Å². The van der Waals surface area contributed by atoms with Gasteiger partial charge in [-0.2, -0.15) is 0 Å². The number of hydrogen-bond donors (Lipinski definition) is 3. The van der Waals surface area contributed by atoms with Gasteiger partial charge in [-0.1, -0.05) is 62.4 Å². The predicted octanol–water partition coefficient (Wildman–Crippen LogP) is 2.94. The van der Waals surface area contributed by atoms with E-state index in [-0.39, 0.29) is 18.9 Å². The van der Waals surface area contributed by atoms with Crippen molar-refractivity contribution in [3.8, 4) is 0 Å². The molecule has 0 fully saturated rings. The highest BCUT2D eigenvalue weighted by Gasteiger charge is 2.26. The van der Waals surface area contributed by atoms with Crippen LogP contribution in [0.2, 0.25) is 0 Å². The Morgan fingerprint density at radius 1 is 1.12 bits per heavy atom. The van der Waals surface area contributed by atoms with Crippen LogP contribution in [0, 0.1) is 0 Å². The summed E-state index contributed by atoms with van der Waals surface area (Å²) in [4.78, 5) is 36.7. The third kappa shape index (κ3) is 7.70. The van der Waals surface area contributed by atoms with Crippen molar-refractivity contribution >= 4 is 28.7 Å². The number of esters is 1. The number of ether oxygens (including phenoxy) is 2. The number of hydrogen-bond acceptors (Lipinski definition) is 6. The number of rotatable bonds is 12. The smallest absolute Gasteiger partial charge is 0.407 e. The highest BCUT2D eigenvalue weighted by molar-refractivity contribution is 6.04. The lowest BCUT2D eigenvalue weighted by Gasteiger charge is -2.23. The van der Waals surface area contributed by atoms with Gasteiger partial charge in [-0.05, 0) is 23.3 Å². The number of aliphatic hydroxyl groups is 1. The second kappa shape index (κ2) is 13.1. The SMILES string of the molecule is C=CCOC(=O)NC(CC(=O)NCCCC)C(O)COC(=O)c1cccc2ccccc12. The zero-order valence-corrected chi connectivity index (χ0v) is 18.2. The molecule has 0 radical (unpaired) electrons. The van der Waals surface area contributed by atoms with Crippen molar-refractivity contribution in [2.24, 2.45) is 0 Å². The van der Waals surface area contributed by atoms with Gasteiger partial charge in [0.25, 0.3) is 0 Å². The van der Waals surface area contributed by atoms with E-state index >= 15 is 0 Å². The highest BCUT2D eigenvalue weighted by atomic mass is 16.6. The van der Waals surface area contributed by atoms with Crippen LogP contribution in [0.4, 0.5) is 4.79 Å². The van der Waals surface area contributed by atoms with Gasteiger partial charge in [-0.15, -0.1) is 0 Å². The Morgan fingerprint density at radius 3 is 2.62 bits per heavy atom. The topological polar surface area (TPSA) is 114 Å². The first-order chi connectivity index (χ1) is 15.5. The van der Waals surface area contributed by atoms with Crippen molar-refractivity contribution in [2.45, 2.75) is 38.3 Å². The molecule has 2 amide bonds. The van der Waals surface area contributed by atoms with Gasteiger partial charge in [-0.3, -0.25) is 4.79 Å². The second-order valence-electron chi connectivity index (χ2n) is 7.24. The van der Waals surface area contributed by atoms with Crippen LogP contribution >= 0.6 is 0 Å². The molecule has 0 aromatic heterocycles. The fourth-order valence-electron chi connectivity index (χ4n) is 3.05. The lowest BCUT2D eigenvalue weighted by atomic mass is 10.0. The third-order valence-corrected chi connectivity index (χ3v) is 4.75. The molecule has 3 N–H and O–H groups in total. The number of alkyl carbamates (subject to hydrolysis) is 1. The van der Waals surface area contributed by atoms with Gasteiger partial charge in [0.05, 0.1) is 11.6 Å². The van der Waals surface area contributed by atoms with E-state index < -0.39 is 30.8 Å². The number of amides is 2. The summed E-state index contributed by atoms with van der Waals surface area (Å²) in [5.74, 6) is -0.951. The molecule has 0 aliphatic rings. The lowest BCUT2D eigenvalue weighted by molar-refractivity contribution is -0.122.